The van der Waals surface area contributed by atoms with Gasteiger partial charge in [-0.2, -0.15) is 0 Å². The molecule has 0 aromatic heterocycles. The summed E-state index contributed by atoms with van der Waals surface area (Å²) in [5.74, 6) is 0. The Bertz CT molecular complexity index is 408. The number of urea groups is 1. The number of amides is 2. The molecule has 0 bridgehead atoms. The van der Waals surface area contributed by atoms with Gasteiger partial charge in [-0.15, -0.1) is 0 Å². The Morgan fingerprint density at radius 3 is 3.12 bits per heavy atom. The van der Waals surface area contributed by atoms with Crippen LogP contribution in [0.5, 0.6) is 0 Å². The molecule has 1 fully saturated rings. The lowest BCUT2D eigenvalue weighted by Crippen LogP contribution is -2.46. The van der Waals surface area contributed by atoms with Crippen LogP contribution >= 0.6 is 0 Å². The van der Waals surface area contributed by atoms with Crippen molar-refractivity contribution in [1.82, 2.24) is 4.90 Å². The molecule has 1 atom stereocenters. The SMILES string of the molecule is CC1CN(C(=O)Nc2cccc(N)c2)CCO1. The number of nitrogen functional groups attached to an aromatic ring is 1. The van der Waals surface area contributed by atoms with Crippen molar-refractivity contribution in [3.63, 3.8) is 0 Å². The van der Waals surface area contributed by atoms with E-state index in [2.05, 4.69) is 5.32 Å². The van der Waals surface area contributed by atoms with Crippen LogP contribution in [0.1, 0.15) is 6.92 Å². The monoisotopic (exact) mass is 235 g/mol. The average molecular weight is 235 g/mol. The van der Waals surface area contributed by atoms with Gasteiger partial charge in [0, 0.05) is 24.5 Å². The van der Waals surface area contributed by atoms with Gasteiger partial charge in [0.15, 0.2) is 0 Å². The number of anilines is 2. The zero-order valence-corrected chi connectivity index (χ0v) is 9.85. The van der Waals surface area contributed by atoms with Gasteiger partial charge in [-0.1, -0.05) is 6.07 Å². The molecule has 1 aliphatic rings. The van der Waals surface area contributed by atoms with Crippen LogP contribution in [-0.4, -0.2) is 36.7 Å². The van der Waals surface area contributed by atoms with Gasteiger partial charge in [0.1, 0.15) is 0 Å². The standard InChI is InChI=1S/C12H17N3O2/c1-9-8-15(5-6-17-9)12(16)14-11-4-2-3-10(13)7-11/h2-4,7,9H,5-6,8,13H2,1H3,(H,14,16). The van der Waals surface area contributed by atoms with Crippen LogP contribution in [0.25, 0.3) is 0 Å². The maximum Gasteiger partial charge on any atom is 0.322 e. The number of carbonyl (C=O) groups is 1. The molecular weight excluding hydrogens is 218 g/mol. The molecule has 17 heavy (non-hydrogen) atoms. The van der Waals surface area contributed by atoms with Crippen molar-refractivity contribution in [2.45, 2.75) is 13.0 Å². The first kappa shape index (κ1) is 11.7. The maximum absolute atomic E-state index is 11.9. The van der Waals surface area contributed by atoms with E-state index >= 15 is 0 Å². The van der Waals surface area contributed by atoms with Crippen LogP contribution in [-0.2, 0) is 4.74 Å². The Labute approximate surface area is 101 Å². The fourth-order valence-corrected chi connectivity index (χ4v) is 1.82. The summed E-state index contributed by atoms with van der Waals surface area (Å²) in [5.41, 5.74) is 7.00. The zero-order chi connectivity index (χ0) is 12.3. The van der Waals surface area contributed by atoms with Crippen molar-refractivity contribution < 1.29 is 9.53 Å². The first-order chi connectivity index (χ1) is 8.15. The van der Waals surface area contributed by atoms with Crippen LogP contribution in [0.4, 0.5) is 16.2 Å². The summed E-state index contributed by atoms with van der Waals surface area (Å²) in [5, 5.41) is 2.82. The molecule has 2 rings (SSSR count). The summed E-state index contributed by atoms with van der Waals surface area (Å²) in [6.07, 6.45) is 0.0929. The van der Waals surface area contributed by atoms with Gasteiger partial charge in [-0.05, 0) is 25.1 Å². The van der Waals surface area contributed by atoms with Gasteiger partial charge < -0.3 is 20.7 Å². The summed E-state index contributed by atoms with van der Waals surface area (Å²) < 4.78 is 5.39. The van der Waals surface area contributed by atoms with E-state index < -0.39 is 0 Å². The topological polar surface area (TPSA) is 67.6 Å². The molecule has 5 nitrogen and oxygen atoms in total. The van der Waals surface area contributed by atoms with E-state index in [4.69, 9.17) is 10.5 Å². The first-order valence-electron chi connectivity index (χ1n) is 5.68. The van der Waals surface area contributed by atoms with Crippen molar-refractivity contribution in [2.24, 2.45) is 0 Å². The highest BCUT2D eigenvalue weighted by atomic mass is 16.5. The molecule has 92 valence electrons. The molecule has 2 amide bonds. The third-order valence-electron chi connectivity index (χ3n) is 2.67. The predicted molar refractivity (Wildman–Crippen MR) is 66.9 cm³/mol. The average Bonchev–Trinajstić information content (AvgIpc) is 2.29. The molecule has 0 aliphatic carbocycles. The van der Waals surface area contributed by atoms with Crippen LogP contribution in [0.15, 0.2) is 24.3 Å². The van der Waals surface area contributed by atoms with Crippen molar-refractivity contribution in [2.75, 3.05) is 30.7 Å². The normalized spacial score (nSPS) is 20.1. The Balaban J connectivity index is 1.96. The van der Waals surface area contributed by atoms with Gasteiger partial charge in [0.05, 0.1) is 12.7 Å². The lowest BCUT2D eigenvalue weighted by Gasteiger charge is -2.31. The third-order valence-corrected chi connectivity index (χ3v) is 2.67. The van der Waals surface area contributed by atoms with Gasteiger partial charge in [-0.25, -0.2) is 4.79 Å². The molecule has 1 saturated heterocycles. The van der Waals surface area contributed by atoms with Gasteiger partial charge in [-0.3, -0.25) is 0 Å². The molecular formula is C12H17N3O2. The minimum atomic E-state index is -0.106. The number of carbonyl (C=O) groups excluding carboxylic acids is 1. The maximum atomic E-state index is 11.9. The summed E-state index contributed by atoms with van der Waals surface area (Å²) in [6, 6.07) is 7.05. The highest BCUT2D eigenvalue weighted by Gasteiger charge is 2.21. The van der Waals surface area contributed by atoms with E-state index in [0.29, 0.717) is 31.1 Å². The summed E-state index contributed by atoms with van der Waals surface area (Å²) >= 11 is 0. The lowest BCUT2D eigenvalue weighted by atomic mass is 10.3. The predicted octanol–water partition coefficient (Wildman–Crippen LogP) is 1.52. The Morgan fingerprint density at radius 2 is 2.41 bits per heavy atom. The minimum absolute atomic E-state index is 0.0929. The molecule has 1 heterocycles. The smallest absolute Gasteiger partial charge is 0.322 e. The largest absolute Gasteiger partial charge is 0.399 e. The van der Waals surface area contributed by atoms with E-state index in [-0.39, 0.29) is 12.1 Å². The fraction of sp³-hybridized carbons (Fsp3) is 0.417. The molecule has 0 radical (unpaired) electrons. The molecule has 1 aliphatic heterocycles. The second-order valence-electron chi connectivity index (χ2n) is 4.18. The van der Waals surface area contributed by atoms with Crippen molar-refractivity contribution in [3.8, 4) is 0 Å². The number of nitrogens with two attached hydrogens (primary N) is 1. The summed E-state index contributed by atoms with van der Waals surface area (Å²) in [6.45, 7) is 3.79. The van der Waals surface area contributed by atoms with E-state index in [0.717, 1.165) is 0 Å². The van der Waals surface area contributed by atoms with E-state index in [9.17, 15) is 4.79 Å². The molecule has 3 N–H and O–H groups in total. The van der Waals surface area contributed by atoms with Crippen molar-refractivity contribution in [1.29, 1.82) is 0 Å². The van der Waals surface area contributed by atoms with Crippen LogP contribution in [0.2, 0.25) is 0 Å². The van der Waals surface area contributed by atoms with Crippen molar-refractivity contribution in [3.05, 3.63) is 24.3 Å². The first-order valence-corrected chi connectivity index (χ1v) is 5.68. The number of morpholine rings is 1. The van der Waals surface area contributed by atoms with Gasteiger partial charge >= 0.3 is 6.03 Å². The molecule has 0 saturated carbocycles. The van der Waals surface area contributed by atoms with Crippen LogP contribution < -0.4 is 11.1 Å². The molecule has 1 aromatic rings. The number of ether oxygens (including phenoxy) is 1. The second kappa shape index (κ2) is 5.05. The highest BCUT2D eigenvalue weighted by molar-refractivity contribution is 5.89. The number of hydrogen-bond donors (Lipinski definition) is 2. The Kier molecular flexibility index (Phi) is 3.49. The van der Waals surface area contributed by atoms with Crippen LogP contribution in [0, 0.1) is 0 Å². The Hall–Kier alpha value is -1.75. The Morgan fingerprint density at radius 1 is 1.59 bits per heavy atom. The fourth-order valence-electron chi connectivity index (χ4n) is 1.82. The zero-order valence-electron chi connectivity index (χ0n) is 9.85. The van der Waals surface area contributed by atoms with Crippen LogP contribution in [0.3, 0.4) is 0 Å². The number of rotatable bonds is 1. The number of hydrogen-bond acceptors (Lipinski definition) is 3. The van der Waals surface area contributed by atoms with Gasteiger partial charge in [0.2, 0.25) is 0 Å². The summed E-state index contributed by atoms with van der Waals surface area (Å²) in [4.78, 5) is 13.7. The van der Waals surface area contributed by atoms with E-state index in [1.165, 1.54) is 0 Å². The van der Waals surface area contributed by atoms with E-state index in [1.54, 1.807) is 17.0 Å². The van der Waals surface area contributed by atoms with E-state index in [1.807, 2.05) is 19.1 Å². The third kappa shape index (κ3) is 3.10. The number of nitrogens with zero attached hydrogens (tertiary/aromatic N) is 1. The minimum Gasteiger partial charge on any atom is -0.399 e. The number of benzene rings is 1. The van der Waals surface area contributed by atoms with Crippen molar-refractivity contribution >= 4 is 17.4 Å². The quantitative estimate of drug-likeness (QED) is 0.725. The summed E-state index contributed by atoms with van der Waals surface area (Å²) in [7, 11) is 0. The lowest BCUT2D eigenvalue weighted by molar-refractivity contribution is -0.00138. The molecule has 1 unspecified atom stereocenters. The number of nitrogens with one attached hydrogen (secondary N) is 1. The molecule has 1 aromatic carbocycles. The highest BCUT2D eigenvalue weighted by Crippen LogP contribution is 2.13. The molecule has 0 spiro atoms. The molecule has 5 heteroatoms. The second-order valence-corrected chi connectivity index (χ2v) is 4.18. The van der Waals surface area contributed by atoms with Gasteiger partial charge in [0.25, 0.3) is 0 Å².